The van der Waals surface area contributed by atoms with E-state index in [9.17, 15) is 4.79 Å². The van der Waals surface area contributed by atoms with Crippen molar-refractivity contribution < 1.29 is 4.79 Å². The number of imidazole rings is 1. The van der Waals surface area contributed by atoms with Gasteiger partial charge in [-0.1, -0.05) is 24.6 Å². The molecule has 2 N–H and O–H groups in total. The summed E-state index contributed by atoms with van der Waals surface area (Å²) in [4.78, 5) is 23.1. The number of nitrogens with one attached hydrogen (secondary N) is 2. The second-order valence-electron chi connectivity index (χ2n) is 7.39. The van der Waals surface area contributed by atoms with Crippen LogP contribution in [0.15, 0.2) is 48.0 Å². The van der Waals surface area contributed by atoms with Gasteiger partial charge in [-0.05, 0) is 31.4 Å². The van der Waals surface area contributed by atoms with Crippen molar-refractivity contribution >= 4 is 35.8 Å². The van der Waals surface area contributed by atoms with Crippen LogP contribution in [0.2, 0.25) is 0 Å². The van der Waals surface area contributed by atoms with Crippen molar-refractivity contribution in [1.29, 1.82) is 0 Å². The second kappa shape index (κ2) is 11.2. The van der Waals surface area contributed by atoms with Crippen molar-refractivity contribution in [1.82, 2.24) is 25.1 Å². The van der Waals surface area contributed by atoms with Crippen LogP contribution in [0, 0.1) is 12.8 Å². The molecule has 0 spiro atoms. The summed E-state index contributed by atoms with van der Waals surface area (Å²) in [5.41, 5.74) is 1.77. The Hall–Kier alpha value is -2.10. The van der Waals surface area contributed by atoms with E-state index in [1.807, 2.05) is 49.9 Å². The molecule has 1 saturated heterocycles. The van der Waals surface area contributed by atoms with Crippen molar-refractivity contribution in [2.24, 2.45) is 10.9 Å². The highest BCUT2D eigenvalue weighted by atomic mass is 127. The molecule has 3 rings (SSSR count). The fraction of sp³-hybridized carbons (Fsp3) is 0.476. The van der Waals surface area contributed by atoms with Gasteiger partial charge in [-0.2, -0.15) is 0 Å². The summed E-state index contributed by atoms with van der Waals surface area (Å²) in [6.45, 7) is 7.32. The van der Waals surface area contributed by atoms with E-state index in [0.29, 0.717) is 30.6 Å². The van der Waals surface area contributed by atoms with E-state index < -0.39 is 0 Å². The van der Waals surface area contributed by atoms with Gasteiger partial charge in [-0.3, -0.25) is 9.79 Å². The molecule has 1 aromatic carbocycles. The number of aliphatic imine (C=N–C) groups is 1. The van der Waals surface area contributed by atoms with Gasteiger partial charge in [0.25, 0.3) is 5.91 Å². The number of aromatic nitrogens is 2. The number of carbonyl (C=O) groups is 1. The van der Waals surface area contributed by atoms with Crippen LogP contribution in [0.1, 0.15) is 35.3 Å². The zero-order valence-corrected chi connectivity index (χ0v) is 19.7. The smallest absolute Gasteiger partial charge is 0.251 e. The Bertz CT molecular complexity index is 807. The Kier molecular flexibility index (Phi) is 8.94. The lowest BCUT2D eigenvalue weighted by atomic mass is 9.93. The summed E-state index contributed by atoms with van der Waals surface area (Å²) in [6, 6.07) is 8.00. The lowest BCUT2D eigenvalue weighted by Crippen LogP contribution is -2.50. The molecular weight excluding hydrogens is 479 g/mol. The number of halogens is 1. The molecule has 2 aromatic rings. The van der Waals surface area contributed by atoms with Crippen LogP contribution in [0.3, 0.4) is 0 Å². The summed E-state index contributed by atoms with van der Waals surface area (Å²) in [5.74, 6) is 1.42. The standard InChI is InChI=1S/C21H30N6O.HI/c1-16-5-4-6-18(13-16)20(28)24-8-9-25-21(22-3)26-11-7-17(2)19(14-26)27-12-10-23-15-27;/h4-6,10,12-13,15,17,19H,7-9,11,14H2,1-3H3,(H,22,25)(H,24,28);1H. The molecule has 8 heteroatoms. The predicted octanol–water partition coefficient (Wildman–Crippen LogP) is 2.70. The van der Waals surface area contributed by atoms with E-state index in [4.69, 9.17) is 0 Å². The summed E-state index contributed by atoms with van der Waals surface area (Å²) in [7, 11) is 1.80. The zero-order valence-electron chi connectivity index (χ0n) is 17.3. The molecule has 7 nitrogen and oxygen atoms in total. The molecule has 2 unspecified atom stereocenters. The van der Waals surface area contributed by atoms with E-state index in [1.54, 1.807) is 7.05 Å². The molecular formula is C21H31IN6O. The highest BCUT2D eigenvalue weighted by Crippen LogP contribution is 2.27. The number of likely N-dealkylation sites (tertiary alicyclic amines) is 1. The molecule has 29 heavy (non-hydrogen) atoms. The van der Waals surface area contributed by atoms with Crippen LogP contribution in [0.5, 0.6) is 0 Å². The van der Waals surface area contributed by atoms with Gasteiger partial charge in [-0.15, -0.1) is 24.0 Å². The van der Waals surface area contributed by atoms with Crippen molar-refractivity contribution in [2.45, 2.75) is 26.3 Å². The Balaban J connectivity index is 0.00000300. The van der Waals surface area contributed by atoms with Crippen molar-refractivity contribution in [3.8, 4) is 0 Å². The summed E-state index contributed by atoms with van der Waals surface area (Å²) in [5, 5.41) is 6.33. The van der Waals surface area contributed by atoms with Crippen LogP contribution >= 0.6 is 24.0 Å². The Morgan fingerprint density at radius 2 is 2.10 bits per heavy atom. The van der Waals surface area contributed by atoms with E-state index >= 15 is 0 Å². The first-order valence-electron chi connectivity index (χ1n) is 9.86. The number of aryl methyl sites for hydroxylation is 1. The molecule has 0 bridgehead atoms. The van der Waals surface area contributed by atoms with Gasteiger partial charge < -0.3 is 20.1 Å². The molecule has 0 saturated carbocycles. The van der Waals surface area contributed by atoms with Crippen LogP contribution < -0.4 is 10.6 Å². The Labute approximate surface area is 190 Å². The number of rotatable bonds is 5. The summed E-state index contributed by atoms with van der Waals surface area (Å²) < 4.78 is 2.19. The van der Waals surface area contributed by atoms with Crippen LogP contribution in [-0.4, -0.2) is 59.5 Å². The molecule has 1 aliphatic rings. The molecule has 2 atom stereocenters. The van der Waals surface area contributed by atoms with E-state index in [0.717, 1.165) is 31.0 Å². The van der Waals surface area contributed by atoms with Crippen LogP contribution in [0.4, 0.5) is 0 Å². The fourth-order valence-electron chi connectivity index (χ4n) is 3.67. The van der Waals surface area contributed by atoms with Gasteiger partial charge in [0.2, 0.25) is 0 Å². The van der Waals surface area contributed by atoms with Gasteiger partial charge in [0.1, 0.15) is 0 Å². The number of benzene rings is 1. The van der Waals surface area contributed by atoms with Crippen molar-refractivity contribution in [3.63, 3.8) is 0 Å². The largest absolute Gasteiger partial charge is 0.354 e. The minimum atomic E-state index is -0.0487. The molecule has 2 heterocycles. The minimum Gasteiger partial charge on any atom is -0.354 e. The highest BCUT2D eigenvalue weighted by molar-refractivity contribution is 14.0. The monoisotopic (exact) mass is 510 g/mol. The fourth-order valence-corrected chi connectivity index (χ4v) is 3.67. The number of amides is 1. The van der Waals surface area contributed by atoms with Crippen LogP contribution in [0.25, 0.3) is 0 Å². The lowest BCUT2D eigenvalue weighted by Gasteiger charge is -2.39. The summed E-state index contributed by atoms with van der Waals surface area (Å²) in [6.07, 6.45) is 6.85. The zero-order chi connectivity index (χ0) is 19.9. The molecule has 1 fully saturated rings. The minimum absolute atomic E-state index is 0. The number of hydrogen-bond acceptors (Lipinski definition) is 3. The topological polar surface area (TPSA) is 74.6 Å². The third-order valence-corrected chi connectivity index (χ3v) is 5.31. The number of carbonyl (C=O) groups excluding carboxylic acids is 1. The Morgan fingerprint density at radius 3 is 2.79 bits per heavy atom. The van der Waals surface area contributed by atoms with Gasteiger partial charge in [-0.25, -0.2) is 4.98 Å². The summed E-state index contributed by atoms with van der Waals surface area (Å²) >= 11 is 0. The van der Waals surface area contributed by atoms with E-state index in [-0.39, 0.29) is 29.9 Å². The second-order valence-corrected chi connectivity index (χ2v) is 7.39. The molecule has 0 aliphatic carbocycles. The third kappa shape index (κ3) is 6.19. The predicted molar refractivity (Wildman–Crippen MR) is 127 cm³/mol. The molecule has 158 valence electrons. The normalized spacial score (nSPS) is 19.4. The maximum atomic E-state index is 12.2. The average Bonchev–Trinajstić information content (AvgIpc) is 3.23. The van der Waals surface area contributed by atoms with Gasteiger partial charge >= 0.3 is 0 Å². The maximum absolute atomic E-state index is 12.2. The first kappa shape index (κ1) is 23.2. The first-order valence-corrected chi connectivity index (χ1v) is 9.86. The van der Waals surface area contributed by atoms with E-state index in [2.05, 4.69) is 37.0 Å². The maximum Gasteiger partial charge on any atom is 0.251 e. The highest BCUT2D eigenvalue weighted by Gasteiger charge is 2.28. The van der Waals surface area contributed by atoms with Crippen LogP contribution in [-0.2, 0) is 0 Å². The molecule has 1 amide bonds. The third-order valence-electron chi connectivity index (χ3n) is 5.31. The number of hydrogen-bond donors (Lipinski definition) is 2. The Morgan fingerprint density at radius 1 is 1.31 bits per heavy atom. The van der Waals surface area contributed by atoms with Crippen molar-refractivity contribution in [2.75, 3.05) is 33.2 Å². The molecule has 0 radical (unpaired) electrons. The van der Waals surface area contributed by atoms with E-state index in [1.165, 1.54) is 0 Å². The molecule has 1 aromatic heterocycles. The number of piperidine rings is 1. The molecule has 1 aliphatic heterocycles. The lowest BCUT2D eigenvalue weighted by molar-refractivity contribution is 0.0954. The SMILES string of the molecule is CN=C(NCCNC(=O)c1cccc(C)c1)N1CCC(C)C(n2ccnc2)C1.I. The quantitative estimate of drug-likeness (QED) is 0.281. The first-order chi connectivity index (χ1) is 13.6. The number of guanidine groups is 1. The van der Waals surface area contributed by atoms with Gasteiger partial charge in [0, 0.05) is 51.2 Å². The number of nitrogens with zero attached hydrogens (tertiary/aromatic N) is 4. The van der Waals surface area contributed by atoms with Gasteiger partial charge in [0.15, 0.2) is 5.96 Å². The van der Waals surface area contributed by atoms with Crippen molar-refractivity contribution in [3.05, 3.63) is 54.1 Å². The average molecular weight is 510 g/mol. The van der Waals surface area contributed by atoms with Gasteiger partial charge in [0.05, 0.1) is 12.4 Å².